The molecule has 3 N–H and O–H groups in total. The molecule has 0 aliphatic rings. The first-order chi connectivity index (χ1) is 47.7. The molecular formula is C79H140O17P2. The Morgan fingerprint density at radius 2 is 0.520 bits per heavy atom. The smallest absolute Gasteiger partial charge is 0.462 e. The summed E-state index contributed by atoms with van der Waals surface area (Å²) in [5.41, 5.74) is 0. The summed E-state index contributed by atoms with van der Waals surface area (Å²) < 4.78 is 68.5. The zero-order valence-corrected chi connectivity index (χ0v) is 63.7. The minimum atomic E-state index is -4.98. The molecule has 0 saturated heterocycles. The predicted molar refractivity (Wildman–Crippen MR) is 399 cm³/mol. The Kier molecular flexibility index (Phi) is 68.9. The van der Waals surface area contributed by atoms with Gasteiger partial charge >= 0.3 is 39.5 Å². The summed E-state index contributed by atoms with van der Waals surface area (Å²) in [5, 5.41) is 10.6. The lowest BCUT2D eigenvalue weighted by atomic mass is 10.1. The Morgan fingerprint density at radius 3 is 0.827 bits per heavy atom. The van der Waals surface area contributed by atoms with Gasteiger partial charge in [-0.25, -0.2) is 9.13 Å². The van der Waals surface area contributed by atoms with E-state index in [0.29, 0.717) is 25.7 Å². The van der Waals surface area contributed by atoms with E-state index in [1.807, 2.05) is 0 Å². The number of phosphoric acid groups is 2. The number of ether oxygens (including phenoxy) is 4. The van der Waals surface area contributed by atoms with Crippen LogP contribution in [-0.2, 0) is 65.4 Å². The molecule has 0 aromatic heterocycles. The fraction of sp³-hybridized carbons (Fsp3) is 0.772. The van der Waals surface area contributed by atoms with Crippen molar-refractivity contribution in [1.29, 1.82) is 0 Å². The van der Waals surface area contributed by atoms with Crippen LogP contribution in [0.2, 0.25) is 0 Å². The SMILES string of the molecule is CCC/C=C\C/C=C\CCCCCCCC(=O)OC(COC(=O)CCCCCCC/C=C\CCCCCCCC)COP(=O)(O)OCC(O)COP(=O)(O)OCC(COC(=O)CCCCCCC/C=C\C/C=C\CCCCC)OC(=O)CCCCCCC/C=C\C/C=C\CCCCC. The Morgan fingerprint density at radius 1 is 0.286 bits per heavy atom. The Balaban J connectivity index is 5.37. The van der Waals surface area contributed by atoms with Gasteiger partial charge in [-0.05, 0) is 141 Å². The van der Waals surface area contributed by atoms with Crippen molar-refractivity contribution in [3.05, 3.63) is 85.1 Å². The molecule has 0 aromatic carbocycles. The number of aliphatic hydroxyl groups is 1. The van der Waals surface area contributed by atoms with E-state index in [1.165, 1.54) is 77.0 Å². The largest absolute Gasteiger partial charge is 0.472 e. The fourth-order valence-electron chi connectivity index (χ4n) is 10.3. The second-order valence-electron chi connectivity index (χ2n) is 25.9. The van der Waals surface area contributed by atoms with Crippen LogP contribution in [0.3, 0.4) is 0 Å². The number of carbonyl (C=O) groups excluding carboxylic acids is 4. The summed E-state index contributed by atoms with van der Waals surface area (Å²) >= 11 is 0. The van der Waals surface area contributed by atoms with Gasteiger partial charge in [0.1, 0.15) is 19.3 Å². The highest BCUT2D eigenvalue weighted by molar-refractivity contribution is 7.47. The second kappa shape index (κ2) is 71.6. The maximum atomic E-state index is 13.1. The van der Waals surface area contributed by atoms with E-state index in [4.69, 9.17) is 37.0 Å². The zero-order chi connectivity index (χ0) is 71.8. The van der Waals surface area contributed by atoms with E-state index in [-0.39, 0.29) is 25.7 Å². The first-order valence-electron chi connectivity index (χ1n) is 38.8. The third kappa shape index (κ3) is 70.7. The van der Waals surface area contributed by atoms with Crippen molar-refractivity contribution in [2.24, 2.45) is 0 Å². The lowest BCUT2D eigenvalue weighted by Crippen LogP contribution is -2.30. The molecule has 0 aliphatic carbocycles. The first kappa shape index (κ1) is 94.2. The van der Waals surface area contributed by atoms with Crippen molar-refractivity contribution < 1.29 is 80.2 Å². The van der Waals surface area contributed by atoms with Crippen molar-refractivity contribution in [2.75, 3.05) is 39.6 Å². The lowest BCUT2D eigenvalue weighted by Gasteiger charge is -2.21. The average Bonchev–Trinajstić information content (AvgIpc) is 1.07. The molecule has 0 amide bonds. The Labute approximate surface area is 595 Å². The van der Waals surface area contributed by atoms with Crippen LogP contribution < -0.4 is 0 Å². The number of phosphoric ester groups is 2. The Bertz CT molecular complexity index is 2190. The maximum absolute atomic E-state index is 13.1. The van der Waals surface area contributed by atoms with Gasteiger partial charge in [0.25, 0.3) is 0 Å². The summed E-state index contributed by atoms with van der Waals surface area (Å²) in [4.78, 5) is 72.9. The monoisotopic (exact) mass is 1420 g/mol. The molecule has 0 fully saturated rings. The number of hydrogen-bond acceptors (Lipinski definition) is 15. The molecule has 0 heterocycles. The van der Waals surface area contributed by atoms with E-state index in [9.17, 15) is 43.2 Å². The van der Waals surface area contributed by atoms with E-state index in [2.05, 4.69) is 113 Å². The van der Waals surface area contributed by atoms with Gasteiger partial charge in [0.15, 0.2) is 12.2 Å². The third-order valence-electron chi connectivity index (χ3n) is 16.3. The summed E-state index contributed by atoms with van der Waals surface area (Å²) in [6, 6.07) is 0. The normalized spacial score (nSPS) is 14.4. The summed E-state index contributed by atoms with van der Waals surface area (Å²) in [6.45, 7) is 4.73. The van der Waals surface area contributed by atoms with Gasteiger partial charge in [0, 0.05) is 25.7 Å². The van der Waals surface area contributed by atoms with Gasteiger partial charge in [-0.1, -0.05) is 254 Å². The quantitative estimate of drug-likeness (QED) is 0.0169. The van der Waals surface area contributed by atoms with Gasteiger partial charge in [0.2, 0.25) is 0 Å². The van der Waals surface area contributed by atoms with Crippen molar-refractivity contribution in [2.45, 2.75) is 354 Å². The molecule has 0 aromatic rings. The summed E-state index contributed by atoms with van der Waals surface area (Å²) in [5.74, 6) is -2.21. The van der Waals surface area contributed by atoms with Crippen molar-refractivity contribution >= 4 is 39.5 Å². The van der Waals surface area contributed by atoms with Gasteiger partial charge in [0.05, 0.1) is 26.4 Å². The van der Waals surface area contributed by atoms with E-state index in [1.54, 1.807) is 0 Å². The molecule has 0 radical (unpaired) electrons. The Hall–Kier alpha value is -3.76. The van der Waals surface area contributed by atoms with E-state index in [0.717, 1.165) is 180 Å². The number of aliphatic hydroxyl groups excluding tert-OH is 1. The van der Waals surface area contributed by atoms with Crippen LogP contribution >= 0.6 is 15.6 Å². The van der Waals surface area contributed by atoms with Gasteiger partial charge < -0.3 is 33.8 Å². The van der Waals surface area contributed by atoms with Gasteiger partial charge in [-0.3, -0.25) is 37.3 Å². The molecule has 0 saturated carbocycles. The van der Waals surface area contributed by atoms with Crippen LogP contribution in [-0.4, -0.2) is 96.7 Å². The zero-order valence-electron chi connectivity index (χ0n) is 62.0. The number of esters is 4. The van der Waals surface area contributed by atoms with Crippen molar-refractivity contribution in [3.8, 4) is 0 Å². The molecule has 0 aliphatic heterocycles. The van der Waals surface area contributed by atoms with E-state index < -0.39 is 97.5 Å². The lowest BCUT2D eigenvalue weighted by molar-refractivity contribution is -0.161. The standard InChI is InChI=1S/C79H140O17P2/c1-5-9-13-17-21-25-29-33-36-40-43-47-51-55-59-63-76(81)89-69-74(95-78(83)65-61-57-53-49-45-39-32-28-24-20-16-12-8-4)71-93-97(85,86)91-67-73(80)68-92-98(87,88)94-72-75(96-79(84)66-62-58-54-50-46-42-38-35-31-27-23-19-15-11-7-3)70-90-77(82)64-60-56-52-48-44-41-37-34-30-26-22-18-14-10-6-2/h16,20,22-23,26-28,32-38,73-75,80H,5-15,17-19,21,24-25,29-31,39-72H2,1-4H3,(H,85,86)(H,87,88)/b20-16-,26-22-,27-23-,32-28-,36-33-,37-34-,38-35-. The first-order valence-corrected chi connectivity index (χ1v) is 41.8. The highest BCUT2D eigenvalue weighted by atomic mass is 31.2. The van der Waals surface area contributed by atoms with Crippen LogP contribution in [0.4, 0.5) is 0 Å². The third-order valence-corrected chi connectivity index (χ3v) is 18.2. The minimum Gasteiger partial charge on any atom is -0.462 e. The highest BCUT2D eigenvalue weighted by Gasteiger charge is 2.30. The molecule has 568 valence electrons. The van der Waals surface area contributed by atoms with Crippen LogP contribution in [0.15, 0.2) is 85.1 Å². The molecule has 0 bridgehead atoms. The average molecular weight is 1420 g/mol. The molecule has 5 unspecified atom stereocenters. The highest BCUT2D eigenvalue weighted by Crippen LogP contribution is 2.45. The number of allylic oxidation sites excluding steroid dienone is 14. The topological polar surface area (TPSA) is 237 Å². The maximum Gasteiger partial charge on any atom is 0.472 e. The molecule has 0 spiro atoms. The molecule has 98 heavy (non-hydrogen) atoms. The molecular weight excluding hydrogens is 1280 g/mol. The van der Waals surface area contributed by atoms with Gasteiger partial charge in [-0.2, -0.15) is 0 Å². The number of carbonyl (C=O) groups is 4. The molecule has 17 nitrogen and oxygen atoms in total. The number of unbranched alkanes of at least 4 members (excludes halogenated alkanes) is 33. The predicted octanol–water partition coefficient (Wildman–Crippen LogP) is 22.2. The van der Waals surface area contributed by atoms with Crippen LogP contribution in [0, 0.1) is 0 Å². The summed E-state index contributed by atoms with van der Waals surface area (Å²) in [7, 11) is -9.96. The summed E-state index contributed by atoms with van der Waals surface area (Å²) in [6.07, 6.45) is 72.8. The van der Waals surface area contributed by atoms with Crippen molar-refractivity contribution in [1.82, 2.24) is 0 Å². The number of hydrogen-bond donors (Lipinski definition) is 3. The minimum absolute atomic E-state index is 0.0767. The van der Waals surface area contributed by atoms with E-state index >= 15 is 0 Å². The molecule has 5 atom stereocenters. The van der Waals surface area contributed by atoms with Crippen molar-refractivity contribution in [3.63, 3.8) is 0 Å². The van der Waals surface area contributed by atoms with Crippen LogP contribution in [0.25, 0.3) is 0 Å². The van der Waals surface area contributed by atoms with Gasteiger partial charge in [-0.15, -0.1) is 0 Å². The molecule has 0 rings (SSSR count). The van der Waals surface area contributed by atoms with Crippen LogP contribution in [0.5, 0.6) is 0 Å². The molecule has 19 heteroatoms. The second-order valence-corrected chi connectivity index (χ2v) is 28.8. The van der Waals surface area contributed by atoms with Crippen LogP contribution in [0.1, 0.15) is 336 Å². The fourth-order valence-corrected chi connectivity index (χ4v) is 11.9. The number of rotatable bonds is 73.